The van der Waals surface area contributed by atoms with Crippen molar-refractivity contribution >= 4 is 41.3 Å². The summed E-state index contributed by atoms with van der Waals surface area (Å²) in [7, 11) is 1.84. The van der Waals surface area contributed by atoms with Crippen molar-refractivity contribution in [2.75, 3.05) is 20.1 Å². The maximum Gasteiger partial charge on any atom is 0.191 e. The summed E-state index contributed by atoms with van der Waals surface area (Å²) < 4.78 is 0. The monoisotopic (exact) mass is 450 g/mol. The Morgan fingerprint density at radius 2 is 2.09 bits per heavy atom. The number of nitrogens with one attached hydrogen (secondary N) is 2. The van der Waals surface area contributed by atoms with E-state index in [9.17, 15) is 0 Å². The third-order valence-electron chi connectivity index (χ3n) is 4.61. The second-order valence-electron chi connectivity index (χ2n) is 6.57. The molecule has 0 radical (unpaired) electrons. The van der Waals surface area contributed by atoms with Crippen LogP contribution >= 0.6 is 35.3 Å². The molecule has 0 aliphatic carbocycles. The largest absolute Gasteiger partial charge is 0.355 e. The molecular weight excluding hydrogens is 419 g/mol. The number of fused-ring (bicyclic) bond motifs is 1. The molecule has 2 atom stereocenters. The van der Waals surface area contributed by atoms with Gasteiger partial charge in [-0.05, 0) is 43.2 Å². The van der Waals surface area contributed by atoms with Crippen LogP contribution in [0.4, 0.5) is 0 Å². The first-order valence-electron chi connectivity index (χ1n) is 8.27. The Hall–Kier alpha value is -0.340. The summed E-state index contributed by atoms with van der Waals surface area (Å²) in [6, 6.07) is 3.20. The molecule has 2 unspecified atom stereocenters. The van der Waals surface area contributed by atoms with Crippen LogP contribution in [0.25, 0.3) is 0 Å². The summed E-state index contributed by atoms with van der Waals surface area (Å²) in [6.07, 6.45) is 1.19. The van der Waals surface area contributed by atoms with E-state index in [1.165, 1.54) is 12.0 Å². The first-order valence-corrected chi connectivity index (χ1v) is 9.15. The standard InChI is InChI=1S/C17H30N4S.HI/c1-12(2)14(4)20-17(18-5)19-10-13(3)21-8-6-16-15(11-21)7-9-22-16;/h7,9,12-14H,6,8,10-11H2,1-5H3,(H2,18,19,20);1H. The predicted molar refractivity (Wildman–Crippen MR) is 112 cm³/mol. The molecule has 0 saturated heterocycles. The van der Waals surface area contributed by atoms with Crippen LogP contribution in [0.5, 0.6) is 0 Å². The van der Waals surface area contributed by atoms with Crippen molar-refractivity contribution in [3.05, 3.63) is 21.9 Å². The predicted octanol–water partition coefficient (Wildman–Crippen LogP) is 3.32. The molecule has 1 aliphatic heterocycles. The van der Waals surface area contributed by atoms with Crippen LogP contribution < -0.4 is 10.6 Å². The molecule has 2 N–H and O–H groups in total. The van der Waals surface area contributed by atoms with Gasteiger partial charge in [0, 0.05) is 43.6 Å². The zero-order valence-electron chi connectivity index (χ0n) is 14.9. The Kier molecular flexibility index (Phi) is 8.85. The summed E-state index contributed by atoms with van der Waals surface area (Å²) in [5.41, 5.74) is 1.51. The van der Waals surface area contributed by atoms with Crippen molar-refractivity contribution in [2.24, 2.45) is 10.9 Å². The number of guanidine groups is 1. The van der Waals surface area contributed by atoms with Gasteiger partial charge in [-0.3, -0.25) is 9.89 Å². The van der Waals surface area contributed by atoms with Crippen LogP contribution in [-0.4, -0.2) is 43.1 Å². The molecule has 1 aliphatic rings. The van der Waals surface area contributed by atoms with Crippen molar-refractivity contribution in [1.29, 1.82) is 0 Å². The highest BCUT2D eigenvalue weighted by Gasteiger charge is 2.21. The van der Waals surface area contributed by atoms with E-state index in [1.807, 2.05) is 18.4 Å². The molecule has 0 spiro atoms. The van der Waals surface area contributed by atoms with Crippen LogP contribution in [0.3, 0.4) is 0 Å². The van der Waals surface area contributed by atoms with Gasteiger partial charge in [-0.25, -0.2) is 0 Å². The van der Waals surface area contributed by atoms with Gasteiger partial charge in [-0.15, -0.1) is 35.3 Å². The van der Waals surface area contributed by atoms with Crippen LogP contribution in [0, 0.1) is 5.92 Å². The van der Waals surface area contributed by atoms with Crippen molar-refractivity contribution in [3.8, 4) is 0 Å². The molecule has 132 valence electrons. The third kappa shape index (κ3) is 5.90. The second kappa shape index (κ2) is 9.84. The van der Waals surface area contributed by atoms with E-state index in [-0.39, 0.29) is 24.0 Å². The lowest BCUT2D eigenvalue weighted by Crippen LogP contribution is -2.49. The minimum Gasteiger partial charge on any atom is -0.355 e. The summed E-state index contributed by atoms with van der Waals surface area (Å²) in [5.74, 6) is 1.50. The van der Waals surface area contributed by atoms with Crippen LogP contribution in [0.2, 0.25) is 0 Å². The average molecular weight is 450 g/mol. The highest BCUT2D eigenvalue weighted by molar-refractivity contribution is 14.0. The van der Waals surface area contributed by atoms with Gasteiger partial charge in [0.1, 0.15) is 0 Å². The maximum absolute atomic E-state index is 4.33. The minimum atomic E-state index is 0. The molecule has 0 bridgehead atoms. The third-order valence-corrected chi connectivity index (χ3v) is 5.64. The lowest BCUT2D eigenvalue weighted by Gasteiger charge is -2.33. The molecular formula is C17H31IN4S. The van der Waals surface area contributed by atoms with Crippen molar-refractivity contribution in [3.63, 3.8) is 0 Å². The van der Waals surface area contributed by atoms with E-state index in [2.05, 4.69) is 59.7 Å². The minimum absolute atomic E-state index is 0. The average Bonchev–Trinajstić information content (AvgIpc) is 2.98. The molecule has 23 heavy (non-hydrogen) atoms. The van der Waals surface area contributed by atoms with E-state index < -0.39 is 0 Å². The van der Waals surface area contributed by atoms with Gasteiger partial charge < -0.3 is 10.6 Å². The van der Waals surface area contributed by atoms with Crippen molar-refractivity contribution < 1.29 is 0 Å². The topological polar surface area (TPSA) is 39.7 Å². The number of thiophene rings is 1. The smallest absolute Gasteiger partial charge is 0.191 e. The Morgan fingerprint density at radius 3 is 2.74 bits per heavy atom. The maximum atomic E-state index is 4.33. The lowest BCUT2D eigenvalue weighted by molar-refractivity contribution is 0.192. The fourth-order valence-electron chi connectivity index (χ4n) is 2.60. The summed E-state index contributed by atoms with van der Waals surface area (Å²) >= 11 is 1.90. The van der Waals surface area contributed by atoms with Gasteiger partial charge in [0.15, 0.2) is 5.96 Å². The van der Waals surface area contributed by atoms with E-state index in [0.29, 0.717) is 18.0 Å². The molecule has 2 heterocycles. The van der Waals surface area contributed by atoms with Gasteiger partial charge in [-0.2, -0.15) is 0 Å². The first-order chi connectivity index (χ1) is 10.5. The highest BCUT2D eigenvalue weighted by Crippen LogP contribution is 2.24. The second-order valence-corrected chi connectivity index (χ2v) is 7.57. The number of rotatable bonds is 5. The number of aliphatic imine (C=N–C) groups is 1. The molecule has 0 saturated carbocycles. The van der Waals surface area contributed by atoms with Crippen molar-refractivity contribution in [1.82, 2.24) is 15.5 Å². The van der Waals surface area contributed by atoms with Crippen LogP contribution in [0.15, 0.2) is 16.4 Å². The van der Waals surface area contributed by atoms with Gasteiger partial charge in [0.05, 0.1) is 0 Å². The molecule has 0 amide bonds. The van der Waals surface area contributed by atoms with E-state index >= 15 is 0 Å². The van der Waals surface area contributed by atoms with Crippen LogP contribution in [0.1, 0.15) is 38.1 Å². The molecule has 2 rings (SSSR count). The Labute approximate surface area is 162 Å². The number of nitrogens with zero attached hydrogens (tertiary/aromatic N) is 2. The Balaban J connectivity index is 0.00000264. The summed E-state index contributed by atoms with van der Waals surface area (Å²) in [6.45, 7) is 12.1. The van der Waals surface area contributed by atoms with E-state index in [1.54, 1.807) is 4.88 Å². The number of hydrogen-bond acceptors (Lipinski definition) is 3. The fraction of sp³-hybridized carbons (Fsp3) is 0.706. The van der Waals surface area contributed by atoms with Gasteiger partial charge in [0.2, 0.25) is 0 Å². The van der Waals surface area contributed by atoms with Gasteiger partial charge in [-0.1, -0.05) is 13.8 Å². The SMILES string of the molecule is CN=C(NCC(C)N1CCc2sccc2C1)NC(C)C(C)C.I. The lowest BCUT2D eigenvalue weighted by atomic mass is 10.1. The van der Waals surface area contributed by atoms with Gasteiger partial charge in [0.25, 0.3) is 0 Å². The number of hydrogen-bond donors (Lipinski definition) is 2. The number of halogens is 1. The van der Waals surface area contributed by atoms with Crippen LogP contribution in [-0.2, 0) is 13.0 Å². The quantitative estimate of drug-likeness (QED) is 0.411. The molecule has 1 aromatic heterocycles. The molecule has 4 nitrogen and oxygen atoms in total. The summed E-state index contributed by atoms with van der Waals surface area (Å²) in [5, 5.41) is 9.15. The molecule has 1 aromatic rings. The zero-order chi connectivity index (χ0) is 16.1. The zero-order valence-corrected chi connectivity index (χ0v) is 18.1. The fourth-order valence-corrected chi connectivity index (χ4v) is 3.49. The summed E-state index contributed by atoms with van der Waals surface area (Å²) in [4.78, 5) is 8.46. The normalized spacial score (nSPS) is 18.1. The van der Waals surface area contributed by atoms with Crippen molar-refractivity contribution in [2.45, 2.75) is 52.7 Å². The first kappa shape index (κ1) is 20.7. The molecule has 0 aromatic carbocycles. The Morgan fingerprint density at radius 1 is 1.35 bits per heavy atom. The van der Waals surface area contributed by atoms with E-state index in [0.717, 1.165) is 25.6 Å². The molecule has 6 heteroatoms. The molecule has 0 fully saturated rings. The Bertz CT molecular complexity index is 501. The van der Waals surface area contributed by atoms with E-state index in [4.69, 9.17) is 0 Å². The van der Waals surface area contributed by atoms with Gasteiger partial charge >= 0.3 is 0 Å². The highest BCUT2D eigenvalue weighted by atomic mass is 127.